The standard InChI is InChI=1S/C14H26N4/c1-14(2,3)17-8-7-16-12-5-4-6-13(12)18-10-9-15-11-18/h9-13,16-17H,4-8H2,1-3H3. The highest BCUT2D eigenvalue weighted by atomic mass is 15.1. The summed E-state index contributed by atoms with van der Waals surface area (Å²) in [5.74, 6) is 0. The number of imidazole rings is 1. The van der Waals surface area contributed by atoms with Gasteiger partial charge < -0.3 is 15.2 Å². The number of hydrogen-bond donors (Lipinski definition) is 2. The molecule has 1 saturated carbocycles. The fraction of sp³-hybridized carbons (Fsp3) is 0.786. The first-order valence-electron chi connectivity index (χ1n) is 7.02. The van der Waals surface area contributed by atoms with Gasteiger partial charge in [-0.2, -0.15) is 0 Å². The SMILES string of the molecule is CC(C)(C)NCCNC1CCCC1n1ccnc1. The summed E-state index contributed by atoms with van der Waals surface area (Å²) in [6.07, 6.45) is 9.75. The van der Waals surface area contributed by atoms with E-state index in [9.17, 15) is 0 Å². The van der Waals surface area contributed by atoms with Crippen LogP contribution in [0.2, 0.25) is 0 Å². The molecule has 0 radical (unpaired) electrons. The van der Waals surface area contributed by atoms with E-state index < -0.39 is 0 Å². The Morgan fingerprint density at radius 3 is 2.78 bits per heavy atom. The Bertz CT molecular complexity index is 339. The molecule has 0 bridgehead atoms. The third-order valence-electron chi connectivity index (χ3n) is 3.57. The Kier molecular flexibility index (Phi) is 4.40. The first kappa shape index (κ1) is 13.6. The maximum absolute atomic E-state index is 4.15. The zero-order valence-corrected chi connectivity index (χ0v) is 11.8. The Morgan fingerprint density at radius 1 is 1.28 bits per heavy atom. The normalized spacial score (nSPS) is 24.6. The lowest BCUT2D eigenvalue weighted by molar-refractivity contribution is 0.370. The molecular weight excluding hydrogens is 224 g/mol. The largest absolute Gasteiger partial charge is 0.333 e. The van der Waals surface area contributed by atoms with E-state index >= 15 is 0 Å². The summed E-state index contributed by atoms with van der Waals surface area (Å²) in [7, 11) is 0. The Morgan fingerprint density at radius 2 is 2.11 bits per heavy atom. The van der Waals surface area contributed by atoms with Gasteiger partial charge in [0.05, 0.1) is 6.33 Å². The minimum Gasteiger partial charge on any atom is -0.333 e. The molecule has 18 heavy (non-hydrogen) atoms. The van der Waals surface area contributed by atoms with Gasteiger partial charge in [0.2, 0.25) is 0 Å². The van der Waals surface area contributed by atoms with Gasteiger partial charge >= 0.3 is 0 Å². The minimum atomic E-state index is 0.209. The lowest BCUT2D eigenvalue weighted by Crippen LogP contribution is -2.43. The van der Waals surface area contributed by atoms with Gasteiger partial charge in [-0.1, -0.05) is 0 Å². The van der Waals surface area contributed by atoms with Crippen LogP contribution in [0.3, 0.4) is 0 Å². The van der Waals surface area contributed by atoms with Crippen LogP contribution in [0.5, 0.6) is 0 Å². The van der Waals surface area contributed by atoms with Crippen LogP contribution in [-0.2, 0) is 0 Å². The average Bonchev–Trinajstić information content (AvgIpc) is 2.93. The van der Waals surface area contributed by atoms with Crippen LogP contribution in [0.4, 0.5) is 0 Å². The fourth-order valence-electron chi connectivity index (χ4n) is 2.70. The number of aromatic nitrogens is 2. The predicted molar refractivity (Wildman–Crippen MR) is 74.7 cm³/mol. The van der Waals surface area contributed by atoms with Crippen molar-refractivity contribution in [2.24, 2.45) is 0 Å². The highest BCUT2D eigenvalue weighted by molar-refractivity contribution is 4.91. The molecule has 0 saturated heterocycles. The summed E-state index contributed by atoms with van der Waals surface area (Å²) < 4.78 is 2.25. The van der Waals surface area contributed by atoms with Gasteiger partial charge in [0.25, 0.3) is 0 Å². The molecule has 4 nitrogen and oxygen atoms in total. The molecule has 2 N–H and O–H groups in total. The second-order valence-electron chi connectivity index (χ2n) is 6.25. The van der Waals surface area contributed by atoms with Crippen molar-refractivity contribution >= 4 is 0 Å². The molecule has 4 heteroatoms. The van der Waals surface area contributed by atoms with Crippen molar-refractivity contribution in [2.45, 2.75) is 57.7 Å². The van der Waals surface area contributed by atoms with Crippen LogP contribution in [-0.4, -0.2) is 34.2 Å². The summed E-state index contributed by atoms with van der Waals surface area (Å²) in [4.78, 5) is 4.15. The van der Waals surface area contributed by atoms with E-state index in [1.165, 1.54) is 19.3 Å². The highest BCUT2D eigenvalue weighted by Crippen LogP contribution is 2.29. The van der Waals surface area contributed by atoms with Crippen molar-refractivity contribution in [3.63, 3.8) is 0 Å². The van der Waals surface area contributed by atoms with E-state index in [0.29, 0.717) is 12.1 Å². The van der Waals surface area contributed by atoms with E-state index in [-0.39, 0.29) is 5.54 Å². The molecule has 2 atom stereocenters. The molecule has 102 valence electrons. The summed E-state index contributed by atoms with van der Waals surface area (Å²) in [6.45, 7) is 8.67. The molecule has 1 fully saturated rings. The van der Waals surface area contributed by atoms with E-state index in [1.807, 2.05) is 12.5 Å². The van der Waals surface area contributed by atoms with Gasteiger partial charge in [0.15, 0.2) is 0 Å². The van der Waals surface area contributed by atoms with E-state index in [1.54, 1.807) is 0 Å². The maximum Gasteiger partial charge on any atom is 0.0949 e. The number of nitrogens with one attached hydrogen (secondary N) is 2. The molecular formula is C14H26N4. The molecule has 2 rings (SSSR count). The summed E-state index contributed by atoms with van der Waals surface area (Å²) in [5.41, 5.74) is 0.209. The Hall–Kier alpha value is -0.870. The highest BCUT2D eigenvalue weighted by Gasteiger charge is 2.27. The lowest BCUT2D eigenvalue weighted by Gasteiger charge is -2.24. The van der Waals surface area contributed by atoms with Crippen molar-refractivity contribution in [3.05, 3.63) is 18.7 Å². The monoisotopic (exact) mass is 250 g/mol. The molecule has 1 aliphatic rings. The van der Waals surface area contributed by atoms with Gasteiger partial charge in [-0.05, 0) is 40.0 Å². The molecule has 1 aliphatic carbocycles. The van der Waals surface area contributed by atoms with Gasteiger partial charge in [0.1, 0.15) is 0 Å². The third kappa shape index (κ3) is 3.82. The van der Waals surface area contributed by atoms with E-state index in [2.05, 4.69) is 47.2 Å². The lowest BCUT2D eigenvalue weighted by atomic mass is 10.1. The van der Waals surface area contributed by atoms with Crippen molar-refractivity contribution in [1.82, 2.24) is 20.2 Å². The van der Waals surface area contributed by atoms with Crippen LogP contribution < -0.4 is 10.6 Å². The van der Waals surface area contributed by atoms with Crippen LogP contribution in [0, 0.1) is 0 Å². The quantitative estimate of drug-likeness (QED) is 0.785. The van der Waals surface area contributed by atoms with Crippen LogP contribution in [0.15, 0.2) is 18.7 Å². The first-order chi connectivity index (χ1) is 8.56. The summed E-state index contributed by atoms with van der Waals surface area (Å²) in [6, 6.07) is 1.18. The Balaban J connectivity index is 1.75. The number of rotatable bonds is 5. The van der Waals surface area contributed by atoms with E-state index in [0.717, 1.165) is 13.1 Å². The number of nitrogens with zero attached hydrogens (tertiary/aromatic N) is 2. The maximum atomic E-state index is 4.15. The van der Waals surface area contributed by atoms with Gasteiger partial charge in [-0.25, -0.2) is 4.98 Å². The van der Waals surface area contributed by atoms with Crippen LogP contribution >= 0.6 is 0 Å². The van der Waals surface area contributed by atoms with Crippen LogP contribution in [0.25, 0.3) is 0 Å². The van der Waals surface area contributed by atoms with E-state index in [4.69, 9.17) is 0 Å². The zero-order chi connectivity index (χ0) is 13.0. The second-order valence-corrected chi connectivity index (χ2v) is 6.25. The van der Waals surface area contributed by atoms with Crippen molar-refractivity contribution in [2.75, 3.05) is 13.1 Å². The smallest absolute Gasteiger partial charge is 0.0949 e. The predicted octanol–water partition coefficient (Wildman–Crippen LogP) is 1.95. The van der Waals surface area contributed by atoms with Gasteiger partial charge in [-0.15, -0.1) is 0 Å². The fourth-order valence-corrected chi connectivity index (χ4v) is 2.70. The number of hydrogen-bond acceptors (Lipinski definition) is 3. The zero-order valence-electron chi connectivity index (χ0n) is 11.8. The summed E-state index contributed by atoms with van der Waals surface area (Å²) in [5, 5.41) is 7.20. The first-order valence-corrected chi connectivity index (χ1v) is 7.02. The third-order valence-corrected chi connectivity index (χ3v) is 3.57. The molecule has 2 unspecified atom stereocenters. The molecule has 0 aliphatic heterocycles. The molecule has 1 aromatic rings. The molecule has 1 heterocycles. The van der Waals surface area contributed by atoms with Crippen molar-refractivity contribution < 1.29 is 0 Å². The van der Waals surface area contributed by atoms with Crippen molar-refractivity contribution in [1.29, 1.82) is 0 Å². The van der Waals surface area contributed by atoms with Crippen LogP contribution in [0.1, 0.15) is 46.1 Å². The van der Waals surface area contributed by atoms with Crippen molar-refractivity contribution in [3.8, 4) is 0 Å². The average molecular weight is 250 g/mol. The molecule has 0 spiro atoms. The second kappa shape index (κ2) is 5.85. The van der Waals surface area contributed by atoms with Gasteiger partial charge in [0, 0.05) is 43.1 Å². The topological polar surface area (TPSA) is 41.9 Å². The minimum absolute atomic E-state index is 0.209. The Labute approximate surface area is 110 Å². The molecule has 1 aromatic heterocycles. The molecule has 0 aromatic carbocycles. The van der Waals surface area contributed by atoms with Gasteiger partial charge in [-0.3, -0.25) is 0 Å². The molecule has 0 amide bonds. The summed E-state index contributed by atoms with van der Waals surface area (Å²) >= 11 is 0.